The van der Waals surface area contributed by atoms with Crippen molar-refractivity contribution in [1.29, 1.82) is 0 Å². The van der Waals surface area contributed by atoms with Crippen molar-refractivity contribution in [1.82, 2.24) is 4.90 Å². The van der Waals surface area contributed by atoms with Crippen LogP contribution in [-0.4, -0.2) is 41.0 Å². The highest BCUT2D eigenvalue weighted by Crippen LogP contribution is 2.20. The van der Waals surface area contributed by atoms with Crippen molar-refractivity contribution < 1.29 is 14.7 Å². The van der Waals surface area contributed by atoms with Gasteiger partial charge in [0.05, 0.1) is 6.10 Å². The molecule has 1 heterocycles. The van der Waals surface area contributed by atoms with Gasteiger partial charge in [0, 0.05) is 23.8 Å². The van der Waals surface area contributed by atoms with E-state index in [1.54, 1.807) is 25.1 Å². The van der Waals surface area contributed by atoms with E-state index in [9.17, 15) is 14.7 Å². The number of aliphatic hydroxyl groups is 1. The van der Waals surface area contributed by atoms with Crippen molar-refractivity contribution in [2.45, 2.75) is 25.9 Å². The van der Waals surface area contributed by atoms with E-state index in [1.165, 1.54) is 4.90 Å². The maximum atomic E-state index is 12.0. The van der Waals surface area contributed by atoms with Gasteiger partial charge in [-0.05, 0) is 43.5 Å². The summed E-state index contributed by atoms with van der Waals surface area (Å²) in [6.45, 7) is 2.52. The number of nitrogens with one attached hydrogen (secondary N) is 1. The molecule has 0 spiro atoms. The second-order valence-electron chi connectivity index (χ2n) is 4.96. The lowest BCUT2D eigenvalue weighted by molar-refractivity contribution is -0.145. The van der Waals surface area contributed by atoms with Crippen molar-refractivity contribution in [3.63, 3.8) is 0 Å². The van der Waals surface area contributed by atoms with E-state index < -0.39 is 17.9 Å². The molecule has 1 aromatic carbocycles. The third-order valence-corrected chi connectivity index (χ3v) is 3.55. The topological polar surface area (TPSA) is 69.6 Å². The molecule has 6 heteroatoms. The van der Waals surface area contributed by atoms with Gasteiger partial charge < -0.3 is 15.3 Å². The summed E-state index contributed by atoms with van der Waals surface area (Å²) in [7, 11) is 0. The number of hydrogen-bond donors (Lipinski definition) is 2. The molecule has 2 amide bonds. The number of piperidine rings is 1. The highest BCUT2D eigenvalue weighted by Gasteiger charge is 2.27. The number of benzene rings is 1. The largest absolute Gasteiger partial charge is 0.391 e. The Morgan fingerprint density at radius 1 is 1.45 bits per heavy atom. The number of anilines is 1. The predicted octanol–water partition coefficient (Wildman–Crippen LogP) is 1.57. The van der Waals surface area contributed by atoms with Crippen molar-refractivity contribution in [2.24, 2.45) is 0 Å². The normalized spacial score (nSPS) is 18.8. The minimum absolute atomic E-state index is 0.214. The molecule has 0 bridgehead atoms. The first-order valence-corrected chi connectivity index (χ1v) is 6.89. The summed E-state index contributed by atoms with van der Waals surface area (Å²) >= 11 is 5.84. The molecule has 1 atom stereocenters. The van der Waals surface area contributed by atoms with Crippen molar-refractivity contribution in [3.05, 3.63) is 28.8 Å². The standard InChI is InChI=1S/C14H17ClN2O3/c1-9-7-10(15)4-5-12(9)16-13(19)14(20)17-6-2-3-11(18)8-17/h4-5,7,11,18H,2-3,6,8H2,1H3,(H,16,19). The van der Waals surface area contributed by atoms with Crippen LogP contribution in [0.4, 0.5) is 5.69 Å². The van der Waals surface area contributed by atoms with E-state index in [-0.39, 0.29) is 6.54 Å². The summed E-state index contributed by atoms with van der Waals surface area (Å²) in [5, 5.41) is 12.7. The van der Waals surface area contributed by atoms with Crippen molar-refractivity contribution >= 4 is 29.1 Å². The molecule has 1 aliphatic rings. The van der Waals surface area contributed by atoms with Crippen LogP contribution in [0.5, 0.6) is 0 Å². The number of aryl methyl sites for hydroxylation is 1. The highest BCUT2D eigenvalue weighted by atomic mass is 35.5. The summed E-state index contributed by atoms with van der Waals surface area (Å²) < 4.78 is 0. The Bertz CT molecular complexity index is 533. The number of β-amino-alcohol motifs (C(OH)–C–C–N with tert-alkyl or cyclic N) is 1. The fourth-order valence-electron chi connectivity index (χ4n) is 2.23. The number of rotatable bonds is 1. The summed E-state index contributed by atoms with van der Waals surface area (Å²) in [6, 6.07) is 5.03. The molecule has 0 aliphatic carbocycles. The molecule has 1 aromatic rings. The van der Waals surface area contributed by atoms with Gasteiger partial charge in [0.2, 0.25) is 0 Å². The minimum atomic E-state index is -0.690. The smallest absolute Gasteiger partial charge is 0.313 e. The van der Waals surface area contributed by atoms with Gasteiger partial charge in [0.1, 0.15) is 0 Å². The number of carbonyl (C=O) groups is 2. The average molecular weight is 297 g/mol. The Morgan fingerprint density at radius 3 is 2.85 bits per heavy atom. The number of likely N-dealkylation sites (tertiary alicyclic amines) is 1. The molecule has 0 radical (unpaired) electrons. The molecule has 20 heavy (non-hydrogen) atoms. The van der Waals surface area contributed by atoms with E-state index in [0.717, 1.165) is 5.56 Å². The SMILES string of the molecule is Cc1cc(Cl)ccc1NC(=O)C(=O)N1CCCC(O)C1. The highest BCUT2D eigenvalue weighted by molar-refractivity contribution is 6.39. The quantitative estimate of drug-likeness (QED) is 0.773. The maximum Gasteiger partial charge on any atom is 0.313 e. The molecule has 1 saturated heterocycles. The van der Waals surface area contributed by atoms with Gasteiger partial charge in [-0.3, -0.25) is 9.59 Å². The van der Waals surface area contributed by atoms with Crippen LogP contribution in [0.25, 0.3) is 0 Å². The molecular formula is C14H17ClN2O3. The Balaban J connectivity index is 2.02. The lowest BCUT2D eigenvalue weighted by atomic mass is 10.1. The fourth-order valence-corrected chi connectivity index (χ4v) is 2.45. The predicted molar refractivity (Wildman–Crippen MR) is 76.6 cm³/mol. The summed E-state index contributed by atoms with van der Waals surface area (Å²) in [6.07, 6.45) is 0.833. The maximum absolute atomic E-state index is 12.0. The van der Waals surface area contributed by atoms with E-state index in [1.807, 2.05) is 0 Å². The van der Waals surface area contributed by atoms with Gasteiger partial charge in [-0.1, -0.05) is 11.6 Å². The lowest BCUT2D eigenvalue weighted by Gasteiger charge is -2.29. The Labute approximate surface area is 122 Å². The van der Waals surface area contributed by atoms with Crippen LogP contribution < -0.4 is 5.32 Å². The van der Waals surface area contributed by atoms with Crippen LogP contribution in [0.15, 0.2) is 18.2 Å². The first-order chi connectivity index (χ1) is 9.47. The van der Waals surface area contributed by atoms with Crippen LogP contribution in [0.1, 0.15) is 18.4 Å². The molecule has 2 rings (SSSR count). The Morgan fingerprint density at radius 2 is 2.20 bits per heavy atom. The Kier molecular flexibility index (Phi) is 4.62. The second kappa shape index (κ2) is 6.24. The number of aliphatic hydroxyl groups excluding tert-OH is 1. The van der Waals surface area contributed by atoms with Crippen molar-refractivity contribution in [3.8, 4) is 0 Å². The van der Waals surface area contributed by atoms with Gasteiger partial charge in [-0.25, -0.2) is 0 Å². The van der Waals surface area contributed by atoms with Gasteiger partial charge in [0.15, 0.2) is 0 Å². The molecule has 1 aliphatic heterocycles. The zero-order chi connectivity index (χ0) is 14.7. The lowest BCUT2D eigenvalue weighted by Crippen LogP contribution is -2.46. The minimum Gasteiger partial charge on any atom is -0.391 e. The molecule has 1 unspecified atom stereocenters. The second-order valence-corrected chi connectivity index (χ2v) is 5.40. The first-order valence-electron chi connectivity index (χ1n) is 6.52. The summed E-state index contributed by atoms with van der Waals surface area (Å²) in [5.41, 5.74) is 1.35. The van der Waals surface area contributed by atoms with E-state index >= 15 is 0 Å². The molecule has 0 aromatic heterocycles. The van der Waals surface area contributed by atoms with Gasteiger partial charge in [-0.15, -0.1) is 0 Å². The van der Waals surface area contributed by atoms with E-state index in [4.69, 9.17) is 11.6 Å². The number of carbonyl (C=O) groups excluding carboxylic acids is 2. The van der Waals surface area contributed by atoms with E-state index in [2.05, 4.69) is 5.32 Å². The molecule has 2 N–H and O–H groups in total. The van der Waals surface area contributed by atoms with Crippen LogP contribution in [0.3, 0.4) is 0 Å². The van der Waals surface area contributed by atoms with Crippen molar-refractivity contribution in [2.75, 3.05) is 18.4 Å². The van der Waals surface area contributed by atoms with Gasteiger partial charge >= 0.3 is 11.8 Å². The van der Waals surface area contributed by atoms with Crippen LogP contribution in [-0.2, 0) is 9.59 Å². The zero-order valence-corrected chi connectivity index (χ0v) is 12.0. The van der Waals surface area contributed by atoms with Crippen LogP contribution in [0, 0.1) is 6.92 Å². The van der Waals surface area contributed by atoms with Gasteiger partial charge in [-0.2, -0.15) is 0 Å². The van der Waals surface area contributed by atoms with E-state index in [0.29, 0.717) is 30.1 Å². The average Bonchev–Trinajstić information content (AvgIpc) is 2.41. The number of halogens is 1. The zero-order valence-electron chi connectivity index (χ0n) is 11.2. The number of amides is 2. The molecule has 1 fully saturated rings. The third-order valence-electron chi connectivity index (χ3n) is 3.31. The Hall–Kier alpha value is -1.59. The summed E-state index contributed by atoms with van der Waals surface area (Å²) in [4.78, 5) is 25.3. The molecule has 5 nitrogen and oxygen atoms in total. The molecular weight excluding hydrogens is 280 g/mol. The molecule has 108 valence electrons. The molecule has 0 saturated carbocycles. The monoisotopic (exact) mass is 296 g/mol. The number of hydrogen-bond acceptors (Lipinski definition) is 3. The third kappa shape index (κ3) is 3.49. The van der Waals surface area contributed by atoms with Gasteiger partial charge in [0.25, 0.3) is 0 Å². The van der Waals surface area contributed by atoms with Crippen LogP contribution >= 0.6 is 11.6 Å². The first kappa shape index (κ1) is 14.8. The van der Waals surface area contributed by atoms with Crippen LogP contribution in [0.2, 0.25) is 5.02 Å². The summed E-state index contributed by atoms with van der Waals surface area (Å²) in [5.74, 6) is -1.30. The number of nitrogens with zero attached hydrogens (tertiary/aromatic N) is 1. The fraction of sp³-hybridized carbons (Fsp3) is 0.429.